The van der Waals surface area contributed by atoms with Gasteiger partial charge in [0, 0.05) is 30.4 Å². The average Bonchev–Trinajstić information content (AvgIpc) is 3.15. The SMILES string of the molecule is OC1(c2cccnc2F)CCN(Cc2ccc(-c3ccc(F)c(Cl)c3)o2)CC1. The Balaban J connectivity index is 1.41. The number of furan rings is 1. The van der Waals surface area contributed by atoms with E-state index in [1.807, 2.05) is 12.1 Å². The van der Waals surface area contributed by atoms with E-state index in [4.69, 9.17) is 16.0 Å². The smallest absolute Gasteiger partial charge is 0.218 e. The van der Waals surface area contributed by atoms with Crippen LogP contribution in [0.5, 0.6) is 0 Å². The minimum Gasteiger partial charge on any atom is -0.460 e. The van der Waals surface area contributed by atoms with Gasteiger partial charge in [-0.25, -0.2) is 9.37 Å². The van der Waals surface area contributed by atoms with E-state index in [1.54, 1.807) is 18.2 Å². The molecule has 146 valence electrons. The molecule has 7 heteroatoms. The lowest BCUT2D eigenvalue weighted by Gasteiger charge is -2.38. The van der Waals surface area contributed by atoms with Gasteiger partial charge in [0.1, 0.15) is 17.3 Å². The molecule has 0 radical (unpaired) electrons. The van der Waals surface area contributed by atoms with Gasteiger partial charge in [-0.05, 0) is 49.2 Å². The minimum atomic E-state index is -1.20. The van der Waals surface area contributed by atoms with E-state index in [9.17, 15) is 13.9 Å². The van der Waals surface area contributed by atoms with Gasteiger partial charge in [-0.3, -0.25) is 4.90 Å². The molecule has 4 nitrogen and oxygen atoms in total. The number of aromatic nitrogens is 1. The first-order chi connectivity index (χ1) is 13.4. The highest BCUT2D eigenvalue weighted by Crippen LogP contribution is 2.34. The summed E-state index contributed by atoms with van der Waals surface area (Å²) in [4.78, 5) is 5.78. The molecular weight excluding hydrogens is 386 g/mol. The fourth-order valence-corrected chi connectivity index (χ4v) is 3.75. The highest BCUT2D eigenvalue weighted by atomic mass is 35.5. The Bertz CT molecular complexity index is 984. The molecule has 3 aromatic rings. The third-order valence-corrected chi connectivity index (χ3v) is 5.48. The Labute approximate surface area is 166 Å². The predicted octanol–water partition coefficient (Wildman–Crippen LogP) is 4.76. The first kappa shape index (κ1) is 19.1. The highest BCUT2D eigenvalue weighted by molar-refractivity contribution is 6.31. The van der Waals surface area contributed by atoms with E-state index < -0.39 is 17.4 Å². The maximum atomic E-state index is 13.9. The normalized spacial score (nSPS) is 17.0. The van der Waals surface area contributed by atoms with Crippen LogP contribution in [0.25, 0.3) is 11.3 Å². The zero-order valence-electron chi connectivity index (χ0n) is 15.0. The molecular formula is C21H19ClF2N2O2. The van der Waals surface area contributed by atoms with Crippen LogP contribution in [0.1, 0.15) is 24.2 Å². The zero-order valence-corrected chi connectivity index (χ0v) is 15.8. The van der Waals surface area contributed by atoms with Crippen molar-refractivity contribution in [3.63, 3.8) is 0 Å². The molecule has 28 heavy (non-hydrogen) atoms. The first-order valence-electron chi connectivity index (χ1n) is 9.04. The fraction of sp³-hybridized carbons (Fsp3) is 0.286. The number of nitrogens with zero attached hydrogens (tertiary/aromatic N) is 2. The summed E-state index contributed by atoms with van der Waals surface area (Å²) in [6, 6.07) is 11.4. The Hall–Kier alpha value is -2.28. The first-order valence-corrected chi connectivity index (χ1v) is 9.42. The lowest BCUT2D eigenvalue weighted by molar-refractivity contribution is -0.0319. The van der Waals surface area contributed by atoms with Crippen LogP contribution in [0.3, 0.4) is 0 Å². The van der Waals surface area contributed by atoms with Crippen molar-refractivity contribution >= 4 is 11.6 Å². The molecule has 1 N–H and O–H groups in total. The third kappa shape index (κ3) is 3.81. The highest BCUT2D eigenvalue weighted by Gasteiger charge is 2.36. The monoisotopic (exact) mass is 404 g/mol. The Morgan fingerprint density at radius 1 is 1.14 bits per heavy atom. The number of likely N-dealkylation sites (tertiary alicyclic amines) is 1. The maximum Gasteiger partial charge on any atom is 0.218 e. The Morgan fingerprint density at radius 2 is 1.93 bits per heavy atom. The van der Waals surface area contributed by atoms with E-state index in [0.29, 0.717) is 43.8 Å². The summed E-state index contributed by atoms with van der Waals surface area (Å²) in [5, 5.41) is 10.9. The number of hydrogen-bond donors (Lipinski definition) is 1. The van der Waals surface area contributed by atoms with Crippen molar-refractivity contribution in [2.24, 2.45) is 0 Å². The average molecular weight is 405 g/mol. The van der Waals surface area contributed by atoms with Crippen molar-refractivity contribution in [2.45, 2.75) is 25.0 Å². The third-order valence-electron chi connectivity index (χ3n) is 5.19. The van der Waals surface area contributed by atoms with Gasteiger partial charge in [0.25, 0.3) is 0 Å². The van der Waals surface area contributed by atoms with E-state index in [1.165, 1.54) is 18.3 Å². The van der Waals surface area contributed by atoms with E-state index in [0.717, 1.165) is 5.76 Å². The van der Waals surface area contributed by atoms with Crippen molar-refractivity contribution in [3.8, 4) is 11.3 Å². The van der Waals surface area contributed by atoms with Gasteiger partial charge >= 0.3 is 0 Å². The van der Waals surface area contributed by atoms with Crippen LogP contribution in [0.2, 0.25) is 5.02 Å². The van der Waals surface area contributed by atoms with E-state index in [-0.39, 0.29) is 10.6 Å². The van der Waals surface area contributed by atoms with E-state index >= 15 is 0 Å². The number of halogens is 3. The molecule has 0 spiro atoms. The van der Waals surface area contributed by atoms with Gasteiger partial charge in [-0.15, -0.1) is 0 Å². The molecule has 0 atom stereocenters. The second-order valence-electron chi connectivity index (χ2n) is 7.04. The van der Waals surface area contributed by atoms with Gasteiger partial charge < -0.3 is 9.52 Å². The van der Waals surface area contributed by atoms with Gasteiger partial charge in [-0.2, -0.15) is 4.39 Å². The molecule has 1 aromatic carbocycles. The molecule has 1 saturated heterocycles. The molecule has 0 saturated carbocycles. The van der Waals surface area contributed by atoms with Crippen LogP contribution in [0.15, 0.2) is 53.1 Å². The molecule has 1 aliphatic heterocycles. The molecule has 4 rings (SSSR count). The minimum absolute atomic E-state index is 0.0494. The summed E-state index contributed by atoms with van der Waals surface area (Å²) in [6.45, 7) is 1.77. The number of hydrogen-bond acceptors (Lipinski definition) is 4. The van der Waals surface area contributed by atoms with Crippen LogP contribution >= 0.6 is 11.6 Å². The zero-order chi connectivity index (χ0) is 19.7. The van der Waals surface area contributed by atoms with Crippen LogP contribution in [-0.4, -0.2) is 28.1 Å². The van der Waals surface area contributed by atoms with Crippen LogP contribution in [0, 0.1) is 11.8 Å². The molecule has 0 bridgehead atoms. The Kier molecular flexibility index (Phi) is 5.19. The quantitative estimate of drug-likeness (QED) is 0.637. The predicted molar refractivity (Wildman–Crippen MR) is 102 cm³/mol. The topological polar surface area (TPSA) is 49.5 Å². The second-order valence-corrected chi connectivity index (χ2v) is 7.45. The van der Waals surface area contributed by atoms with Gasteiger partial charge in [0.05, 0.1) is 17.2 Å². The largest absolute Gasteiger partial charge is 0.460 e. The number of aliphatic hydroxyl groups is 1. The molecule has 0 unspecified atom stereocenters. The summed E-state index contributed by atoms with van der Waals surface area (Å²) in [5.41, 5.74) is -0.241. The number of rotatable bonds is 4. The van der Waals surface area contributed by atoms with Crippen LogP contribution in [0.4, 0.5) is 8.78 Å². The standard InChI is InChI=1S/C21H19ClF2N2O2/c22-17-12-14(3-5-18(17)23)19-6-4-15(28-19)13-26-10-7-21(27,8-11-26)16-2-1-9-25-20(16)24/h1-6,9,12,27H,7-8,10-11,13H2. The number of pyridine rings is 1. The summed E-state index contributed by atoms with van der Waals surface area (Å²) in [5.74, 6) is 0.284. The van der Waals surface area contributed by atoms with Crippen molar-refractivity contribution in [2.75, 3.05) is 13.1 Å². The lowest BCUT2D eigenvalue weighted by Crippen LogP contribution is -2.42. The van der Waals surface area contributed by atoms with E-state index in [2.05, 4.69) is 9.88 Å². The molecule has 0 aliphatic carbocycles. The van der Waals surface area contributed by atoms with Gasteiger partial charge in [-0.1, -0.05) is 17.7 Å². The molecule has 0 amide bonds. The van der Waals surface area contributed by atoms with Crippen molar-refractivity contribution in [3.05, 3.63) is 76.8 Å². The number of piperidine rings is 1. The molecule has 1 fully saturated rings. The van der Waals surface area contributed by atoms with Gasteiger partial charge in [0.15, 0.2) is 0 Å². The number of benzene rings is 1. The summed E-state index contributed by atoms with van der Waals surface area (Å²) in [7, 11) is 0. The molecule has 1 aliphatic rings. The fourth-order valence-electron chi connectivity index (χ4n) is 3.57. The van der Waals surface area contributed by atoms with Crippen molar-refractivity contribution < 1.29 is 18.3 Å². The Morgan fingerprint density at radius 3 is 2.64 bits per heavy atom. The van der Waals surface area contributed by atoms with Crippen LogP contribution < -0.4 is 0 Å². The van der Waals surface area contributed by atoms with Gasteiger partial charge in [0.2, 0.25) is 5.95 Å². The second kappa shape index (κ2) is 7.62. The summed E-state index contributed by atoms with van der Waals surface area (Å²) >= 11 is 5.83. The van der Waals surface area contributed by atoms with Crippen molar-refractivity contribution in [1.29, 1.82) is 0 Å². The summed E-state index contributed by atoms with van der Waals surface area (Å²) < 4.78 is 33.1. The van der Waals surface area contributed by atoms with Crippen LogP contribution in [-0.2, 0) is 12.1 Å². The lowest BCUT2D eigenvalue weighted by atomic mass is 9.85. The maximum absolute atomic E-state index is 13.9. The molecule has 3 heterocycles. The summed E-state index contributed by atoms with van der Waals surface area (Å²) in [6.07, 6.45) is 2.20. The molecule has 2 aromatic heterocycles. The van der Waals surface area contributed by atoms with Crippen molar-refractivity contribution in [1.82, 2.24) is 9.88 Å².